The maximum Gasteiger partial charge on any atom is 0.275 e. The predicted octanol–water partition coefficient (Wildman–Crippen LogP) is 5.03. The van der Waals surface area contributed by atoms with Gasteiger partial charge < -0.3 is 9.73 Å². The van der Waals surface area contributed by atoms with Crippen LogP contribution in [-0.2, 0) is 0 Å². The molecule has 0 atom stereocenters. The molecule has 0 aliphatic rings. The van der Waals surface area contributed by atoms with Gasteiger partial charge in [-0.3, -0.25) is 4.79 Å². The van der Waals surface area contributed by atoms with Gasteiger partial charge in [-0.05, 0) is 59.6 Å². The van der Waals surface area contributed by atoms with E-state index in [0.29, 0.717) is 16.5 Å². The quantitative estimate of drug-likeness (QED) is 0.696. The van der Waals surface area contributed by atoms with Gasteiger partial charge >= 0.3 is 0 Å². The minimum atomic E-state index is -0.226. The Kier molecular flexibility index (Phi) is 4.13. The Morgan fingerprint density at radius 1 is 1.32 bits per heavy atom. The van der Waals surface area contributed by atoms with Crippen LogP contribution in [0.5, 0.6) is 0 Å². The van der Waals surface area contributed by atoms with Crippen LogP contribution in [0.3, 0.4) is 0 Å². The first-order valence-electron chi connectivity index (χ1n) is 6.63. The number of amides is 1. The lowest BCUT2D eigenvalue weighted by molar-refractivity contribution is 0.102. The zero-order valence-corrected chi connectivity index (χ0v) is 14.4. The smallest absolute Gasteiger partial charge is 0.275 e. The van der Waals surface area contributed by atoms with Gasteiger partial charge in [-0.25, -0.2) is 4.98 Å². The molecule has 0 radical (unpaired) electrons. The van der Waals surface area contributed by atoms with Crippen LogP contribution in [0, 0.1) is 13.8 Å². The first-order valence-corrected chi connectivity index (χ1v) is 8.24. The molecule has 1 aromatic carbocycles. The van der Waals surface area contributed by atoms with Crippen LogP contribution in [-0.4, -0.2) is 10.9 Å². The molecule has 1 N–H and O–H groups in total. The van der Waals surface area contributed by atoms with Crippen molar-refractivity contribution in [1.82, 2.24) is 4.98 Å². The summed E-state index contributed by atoms with van der Waals surface area (Å²) >= 11 is 4.90. The standard InChI is InChI=1S/C16H13BrN2O2S/c1-9-5-6-12(11(17)8-9)18-15(20)14-10(2)22-16(19-14)13-4-3-7-21-13/h3-8H,1-2H3,(H,18,20). The highest BCUT2D eigenvalue weighted by Crippen LogP contribution is 2.29. The normalized spacial score (nSPS) is 10.7. The lowest BCUT2D eigenvalue weighted by atomic mass is 10.2. The van der Waals surface area contributed by atoms with E-state index in [1.807, 2.05) is 38.1 Å². The number of nitrogens with one attached hydrogen (secondary N) is 1. The molecule has 2 aromatic heterocycles. The number of rotatable bonds is 3. The fourth-order valence-corrected chi connectivity index (χ4v) is 3.49. The number of carbonyl (C=O) groups is 1. The Bertz CT molecular complexity index is 825. The van der Waals surface area contributed by atoms with Gasteiger partial charge in [0.2, 0.25) is 0 Å². The maximum absolute atomic E-state index is 12.4. The molecule has 0 bridgehead atoms. The Hall–Kier alpha value is -1.92. The number of anilines is 1. The molecule has 3 aromatic rings. The van der Waals surface area contributed by atoms with Gasteiger partial charge in [-0.15, -0.1) is 11.3 Å². The van der Waals surface area contributed by atoms with Crippen molar-refractivity contribution in [2.45, 2.75) is 13.8 Å². The highest BCUT2D eigenvalue weighted by atomic mass is 79.9. The van der Waals surface area contributed by atoms with Crippen LogP contribution in [0.4, 0.5) is 5.69 Å². The SMILES string of the molecule is Cc1ccc(NC(=O)c2nc(-c3ccco3)sc2C)c(Br)c1. The third-order valence-electron chi connectivity index (χ3n) is 3.12. The number of hydrogen-bond donors (Lipinski definition) is 1. The highest BCUT2D eigenvalue weighted by molar-refractivity contribution is 9.10. The van der Waals surface area contributed by atoms with Gasteiger partial charge in [0, 0.05) is 9.35 Å². The molecule has 22 heavy (non-hydrogen) atoms. The lowest BCUT2D eigenvalue weighted by Gasteiger charge is -2.07. The van der Waals surface area contributed by atoms with E-state index in [-0.39, 0.29) is 5.91 Å². The molecule has 2 heterocycles. The van der Waals surface area contributed by atoms with Crippen molar-refractivity contribution in [2.75, 3.05) is 5.32 Å². The molecule has 3 rings (SSSR count). The minimum Gasteiger partial charge on any atom is -0.462 e. The Labute approximate surface area is 140 Å². The third-order valence-corrected chi connectivity index (χ3v) is 4.76. The first-order chi connectivity index (χ1) is 10.5. The average Bonchev–Trinajstić information content (AvgIpc) is 3.10. The van der Waals surface area contributed by atoms with Crippen molar-refractivity contribution in [1.29, 1.82) is 0 Å². The second-order valence-electron chi connectivity index (χ2n) is 4.84. The zero-order valence-electron chi connectivity index (χ0n) is 12.0. The molecule has 0 saturated heterocycles. The zero-order chi connectivity index (χ0) is 15.7. The molecule has 112 valence electrons. The Morgan fingerprint density at radius 3 is 2.82 bits per heavy atom. The summed E-state index contributed by atoms with van der Waals surface area (Å²) in [5.41, 5.74) is 2.27. The molecule has 6 heteroatoms. The van der Waals surface area contributed by atoms with E-state index < -0.39 is 0 Å². The number of thiazole rings is 1. The van der Waals surface area contributed by atoms with E-state index in [0.717, 1.165) is 20.6 Å². The second-order valence-corrected chi connectivity index (χ2v) is 6.90. The van der Waals surface area contributed by atoms with Crippen molar-refractivity contribution in [3.05, 3.63) is 57.2 Å². The number of aryl methyl sites for hydroxylation is 2. The Balaban J connectivity index is 1.86. The van der Waals surface area contributed by atoms with E-state index in [1.165, 1.54) is 11.3 Å². The van der Waals surface area contributed by atoms with Gasteiger partial charge in [0.15, 0.2) is 10.8 Å². The number of furan rings is 1. The van der Waals surface area contributed by atoms with Gasteiger partial charge in [0.1, 0.15) is 5.69 Å². The molecule has 4 nitrogen and oxygen atoms in total. The third kappa shape index (κ3) is 2.98. The summed E-state index contributed by atoms with van der Waals surface area (Å²) in [7, 11) is 0. The summed E-state index contributed by atoms with van der Waals surface area (Å²) in [6.45, 7) is 3.87. The number of benzene rings is 1. The molecule has 0 spiro atoms. The predicted molar refractivity (Wildman–Crippen MR) is 91.4 cm³/mol. The van der Waals surface area contributed by atoms with Crippen molar-refractivity contribution >= 4 is 38.9 Å². The summed E-state index contributed by atoms with van der Waals surface area (Å²) in [6.07, 6.45) is 1.59. The summed E-state index contributed by atoms with van der Waals surface area (Å²) in [5.74, 6) is 0.444. The minimum absolute atomic E-state index is 0.226. The fraction of sp³-hybridized carbons (Fsp3) is 0.125. The largest absolute Gasteiger partial charge is 0.462 e. The summed E-state index contributed by atoms with van der Waals surface area (Å²) < 4.78 is 6.17. The van der Waals surface area contributed by atoms with Crippen molar-refractivity contribution in [3.63, 3.8) is 0 Å². The molecular weight excluding hydrogens is 364 g/mol. The van der Waals surface area contributed by atoms with Crippen LogP contribution >= 0.6 is 27.3 Å². The maximum atomic E-state index is 12.4. The Morgan fingerprint density at radius 2 is 2.14 bits per heavy atom. The van der Waals surface area contributed by atoms with Crippen molar-refractivity contribution in [2.24, 2.45) is 0 Å². The number of nitrogens with zero attached hydrogens (tertiary/aromatic N) is 1. The molecule has 0 aliphatic carbocycles. The highest BCUT2D eigenvalue weighted by Gasteiger charge is 2.18. The van der Waals surface area contributed by atoms with Crippen molar-refractivity contribution < 1.29 is 9.21 Å². The second kappa shape index (κ2) is 6.06. The molecule has 0 saturated carbocycles. The summed E-state index contributed by atoms with van der Waals surface area (Å²) in [6, 6.07) is 9.40. The summed E-state index contributed by atoms with van der Waals surface area (Å²) in [4.78, 5) is 17.7. The monoisotopic (exact) mass is 376 g/mol. The van der Waals surface area contributed by atoms with Gasteiger partial charge in [-0.1, -0.05) is 6.07 Å². The topological polar surface area (TPSA) is 55.1 Å². The molecule has 0 aliphatic heterocycles. The van der Waals surface area contributed by atoms with Crippen LogP contribution in [0.1, 0.15) is 20.9 Å². The van der Waals surface area contributed by atoms with E-state index in [2.05, 4.69) is 26.2 Å². The lowest BCUT2D eigenvalue weighted by Crippen LogP contribution is -2.13. The van der Waals surface area contributed by atoms with Crippen LogP contribution in [0.15, 0.2) is 45.5 Å². The van der Waals surface area contributed by atoms with Gasteiger partial charge in [0.25, 0.3) is 5.91 Å². The van der Waals surface area contributed by atoms with Gasteiger partial charge in [0.05, 0.1) is 12.0 Å². The van der Waals surface area contributed by atoms with Crippen LogP contribution < -0.4 is 5.32 Å². The van der Waals surface area contributed by atoms with Crippen molar-refractivity contribution in [3.8, 4) is 10.8 Å². The molecule has 1 amide bonds. The van der Waals surface area contributed by atoms with Crippen LogP contribution in [0.2, 0.25) is 0 Å². The van der Waals surface area contributed by atoms with Gasteiger partial charge in [-0.2, -0.15) is 0 Å². The van der Waals surface area contributed by atoms with Crippen LogP contribution in [0.25, 0.3) is 10.8 Å². The van der Waals surface area contributed by atoms with E-state index >= 15 is 0 Å². The number of halogens is 1. The van der Waals surface area contributed by atoms with E-state index in [1.54, 1.807) is 12.3 Å². The fourth-order valence-electron chi connectivity index (χ4n) is 2.02. The van der Waals surface area contributed by atoms with E-state index in [4.69, 9.17) is 4.42 Å². The summed E-state index contributed by atoms with van der Waals surface area (Å²) in [5, 5.41) is 3.59. The number of aromatic nitrogens is 1. The molecule has 0 fully saturated rings. The average molecular weight is 377 g/mol. The molecular formula is C16H13BrN2O2S. The first kappa shape index (κ1) is 15.0. The number of carbonyl (C=O) groups excluding carboxylic acids is 1. The number of hydrogen-bond acceptors (Lipinski definition) is 4. The molecule has 0 unspecified atom stereocenters. The van der Waals surface area contributed by atoms with E-state index in [9.17, 15) is 4.79 Å².